The van der Waals surface area contributed by atoms with Gasteiger partial charge in [-0.25, -0.2) is 4.79 Å². The van der Waals surface area contributed by atoms with Crippen molar-refractivity contribution in [3.8, 4) is 0 Å². The number of nitrogens with zero attached hydrogens (tertiary/aromatic N) is 1. The van der Waals surface area contributed by atoms with Crippen LogP contribution in [0, 0.1) is 0 Å². The molecule has 0 amide bonds. The van der Waals surface area contributed by atoms with E-state index in [2.05, 4.69) is 0 Å². The van der Waals surface area contributed by atoms with Crippen molar-refractivity contribution < 1.29 is 9.53 Å². The standard InChI is InChI=1S/C9H13NO2.K/c1-9(2,3)12-8(11)10-6-4-5-7-10;/h4-7H,1-3H3;. The number of aromatic nitrogens is 1. The summed E-state index contributed by atoms with van der Waals surface area (Å²) in [6.45, 7) is 5.52. The van der Waals surface area contributed by atoms with E-state index in [1.54, 1.807) is 24.5 Å². The van der Waals surface area contributed by atoms with Gasteiger partial charge < -0.3 is 4.74 Å². The molecule has 67 valence electrons. The maximum Gasteiger partial charge on any atom is 0.418 e. The first-order valence-corrected chi connectivity index (χ1v) is 3.85. The van der Waals surface area contributed by atoms with Crippen molar-refractivity contribution in [2.24, 2.45) is 0 Å². The smallest absolute Gasteiger partial charge is 0.418 e. The predicted molar refractivity (Wildman–Crippen MR) is 51.8 cm³/mol. The van der Waals surface area contributed by atoms with Gasteiger partial charge in [-0.05, 0) is 32.9 Å². The van der Waals surface area contributed by atoms with E-state index in [0.29, 0.717) is 0 Å². The molecule has 4 heteroatoms. The van der Waals surface area contributed by atoms with Gasteiger partial charge in [0.05, 0.1) is 0 Å². The Labute approximate surface area is 121 Å². The zero-order chi connectivity index (χ0) is 9.19. The van der Waals surface area contributed by atoms with E-state index in [-0.39, 0.29) is 57.5 Å². The number of carbonyl (C=O) groups is 1. The predicted octanol–water partition coefficient (Wildman–Crippen LogP) is 1.89. The molecule has 0 atom stereocenters. The Balaban J connectivity index is 0.00000144. The molecule has 0 aliphatic carbocycles. The third-order valence-electron chi connectivity index (χ3n) is 1.21. The van der Waals surface area contributed by atoms with Gasteiger partial charge in [-0.3, -0.25) is 4.57 Å². The summed E-state index contributed by atoms with van der Waals surface area (Å²) in [4.78, 5) is 11.3. The van der Waals surface area contributed by atoms with E-state index in [9.17, 15) is 4.79 Å². The molecule has 0 saturated heterocycles. The van der Waals surface area contributed by atoms with Gasteiger partial charge >= 0.3 is 6.09 Å². The molecule has 0 spiro atoms. The van der Waals surface area contributed by atoms with Gasteiger partial charge in [0.1, 0.15) is 5.60 Å². The average Bonchev–Trinajstić information content (AvgIpc) is 2.32. The van der Waals surface area contributed by atoms with E-state index in [1.807, 2.05) is 20.8 Å². The zero-order valence-electron chi connectivity index (χ0n) is 8.57. The topological polar surface area (TPSA) is 31.2 Å². The van der Waals surface area contributed by atoms with Crippen molar-refractivity contribution >= 4 is 57.5 Å². The van der Waals surface area contributed by atoms with Crippen LogP contribution in [0.2, 0.25) is 0 Å². The molecule has 0 aliphatic heterocycles. The molecular weight excluding hydrogens is 193 g/mol. The second kappa shape index (κ2) is 5.31. The molecule has 13 heavy (non-hydrogen) atoms. The van der Waals surface area contributed by atoms with E-state index >= 15 is 0 Å². The molecule has 1 aromatic rings. The fourth-order valence-corrected chi connectivity index (χ4v) is 0.771. The molecule has 0 bridgehead atoms. The van der Waals surface area contributed by atoms with Crippen LogP contribution in [0.1, 0.15) is 20.8 Å². The minimum Gasteiger partial charge on any atom is -0.443 e. The maximum absolute atomic E-state index is 11.3. The van der Waals surface area contributed by atoms with Gasteiger partial charge in [-0.15, -0.1) is 0 Å². The van der Waals surface area contributed by atoms with Crippen LogP contribution in [0.5, 0.6) is 0 Å². The van der Waals surface area contributed by atoms with Crippen LogP contribution in [-0.2, 0) is 4.74 Å². The number of hydrogen-bond acceptors (Lipinski definition) is 2. The van der Waals surface area contributed by atoms with Crippen LogP contribution in [0.25, 0.3) is 0 Å². The largest absolute Gasteiger partial charge is 0.443 e. The molecule has 0 saturated carbocycles. The number of hydrogen-bond donors (Lipinski definition) is 0. The molecule has 3 nitrogen and oxygen atoms in total. The molecule has 1 radical (unpaired) electrons. The third kappa shape index (κ3) is 4.98. The van der Waals surface area contributed by atoms with Gasteiger partial charge in [0.2, 0.25) is 0 Å². The first-order valence-electron chi connectivity index (χ1n) is 3.85. The molecule has 0 aliphatic rings. The van der Waals surface area contributed by atoms with Crippen molar-refractivity contribution in [1.29, 1.82) is 0 Å². The van der Waals surface area contributed by atoms with Crippen LogP contribution in [0.3, 0.4) is 0 Å². The molecule has 0 aromatic carbocycles. The second-order valence-electron chi connectivity index (χ2n) is 3.57. The van der Waals surface area contributed by atoms with Gasteiger partial charge in [-0.2, -0.15) is 0 Å². The molecule has 1 heterocycles. The zero-order valence-corrected chi connectivity index (χ0v) is 11.7. The minimum atomic E-state index is -0.429. The SMILES string of the molecule is CC(C)(C)OC(=O)n1cccc1.[K]. The van der Waals surface area contributed by atoms with Crippen LogP contribution < -0.4 is 0 Å². The first-order chi connectivity index (χ1) is 5.49. The fraction of sp³-hybridized carbons (Fsp3) is 0.444. The van der Waals surface area contributed by atoms with Crippen molar-refractivity contribution in [2.45, 2.75) is 26.4 Å². The van der Waals surface area contributed by atoms with Gasteiger partial charge in [0.25, 0.3) is 0 Å². The average molecular weight is 206 g/mol. The Morgan fingerprint density at radius 2 is 1.69 bits per heavy atom. The molecule has 0 fully saturated rings. The summed E-state index contributed by atoms with van der Waals surface area (Å²) in [5.74, 6) is 0. The fourth-order valence-electron chi connectivity index (χ4n) is 0.771. The van der Waals surface area contributed by atoms with E-state index in [4.69, 9.17) is 4.74 Å². The van der Waals surface area contributed by atoms with E-state index in [1.165, 1.54) is 4.57 Å². The summed E-state index contributed by atoms with van der Waals surface area (Å²) in [5.41, 5.74) is -0.429. The monoisotopic (exact) mass is 206 g/mol. The molecule has 0 unspecified atom stereocenters. The molecular formula is C9H13KNO2. The summed E-state index contributed by atoms with van der Waals surface area (Å²) in [6, 6.07) is 3.56. The minimum absolute atomic E-state index is 0. The maximum atomic E-state index is 11.3. The summed E-state index contributed by atoms with van der Waals surface area (Å²) in [6.07, 6.45) is 2.98. The van der Waals surface area contributed by atoms with Gasteiger partial charge in [0, 0.05) is 63.8 Å². The second-order valence-corrected chi connectivity index (χ2v) is 3.57. The number of ether oxygens (including phenoxy) is 1. The Morgan fingerprint density at radius 3 is 2.08 bits per heavy atom. The Hall–Kier alpha value is 0.386. The van der Waals surface area contributed by atoms with Crippen LogP contribution in [-0.4, -0.2) is 67.6 Å². The summed E-state index contributed by atoms with van der Waals surface area (Å²) in [7, 11) is 0. The quantitative estimate of drug-likeness (QED) is 0.607. The molecule has 0 N–H and O–H groups in total. The Kier molecular flexibility index (Phi) is 5.47. The molecule has 1 rings (SSSR count). The van der Waals surface area contributed by atoms with Crippen LogP contribution in [0.4, 0.5) is 4.79 Å². The summed E-state index contributed by atoms with van der Waals surface area (Å²) < 4.78 is 6.51. The van der Waals surface area contributed by atoms with Crippen molar-refractivity contribution in [2.75, 3.05) is 0 Å². The summed E-state index contributed by atoms with van der Waals surface area (Å²) >= 11 is 0. The molecule has 1 aromatic heterocycles. The van der Waals surface area contributed by atoms with Crippen molar-refractivity contribution in [3.63, 3.8) is 0 Å². The Bertz CT molecular complexity index is 262. The van der Waals surface area contributed by atoms with Crippen LogP contribution >= 0.6 is 0 Å². The van der Waals surface area contributed by atoms with Crippen LogP contribution in [0.15, 0.2) is 24.5 Å². The number of carbonyl (C=O) groups excluding carboxylic acids is 1. The third-order valence-corrected chi connectivity index (χ3v) is 1.21. The summed E-state index contributed by atoms with van der Waals surface area (Å²) in [5, 5.41) is 0. The number of rotatable bonds is 0. The van der Waals surface area contributed by atoms with Gasteiger partial charge in [-0.1, -0.05) is 0 Å². The van der Waals surface area contributed by atoms with Gasteiger partial charge in [0.15, 0.2) is 0 Å². The normalized spacial score (nSPS) is 10.4. The Morgan fingerprint density at radius 1 is 1.23 bits per heavy atom. The van der Waals surface area contributed by atoms with Crippen molar-refractivity contribution in [1.82, 2.24) is 4.57 Å². The van der Waals surface area contributed by atoms with Crippen molar-refractivity contribution in [3.05, 3.63) is 24.5 Å². The van der Waals surface area contributed by atoms with E-state index in [0.717, 1.165) is 0 Å². The van der Waals surface area contributed by atoms with E-state index < -0.39 is 5.60 Å². The first kappa shape index (κ1) is 13.4.